The quantitative estimate of drug-likeness (QED) is 0.702. The molecule has 7 nitrogen and oxygen atoms in total. The van der Waals surface area contributed by atoms with Crippen molar-refractivity contribution in [1.82, 2.24) is 0 Å². The topological polar surface area (TPSA) is 113 Å². The molecule has 2 rings (SSSR count). The number of carboxylic acids is 1. The Hall–Kier alpha value is -2.87. The monoisotopic (exact) mass is 404 g/mol. The molecule has 0 atom stereocenters. The third-order valence-corrected chi connectivity index (χ3v) is 5.72. The number of aryl methyl sites for hydroxylation is 1. The molecule has 28 heavy (non-hydrogen) atoms. The minimum absolute atomic E-state index is 0.102. The number of hydrogen-bond acceptors (Lipinski definition) is 4. The van der Waals surface area contributed by atoms with Gasteiger partial charge in [0.25, 0.3) is 10.0 Å². The molecule has 0 fully saturated rings. The van der Waals surface area contributed by atoms with E-state index in [2.05, 4.69) is 10.0 Å². The third kappa shape index (κ3) is 4.89. The van der Waals surface area contributed by atoms with Crippen LogP contribution in [-0.2, 0) is 14.8 Å². The number of amides is 1. The molecule has 3 N–H and O–H groups in total. The van der Waals surface area contributed by atoms with Crippen molar-refractivity contribution < 1.29 is 23.1 Å². The highest BCUT2D eigenvalue weighted by atomic mass is 32.2. The van der Waals surface area contributed by atoms with Crippen molar-refractivity contribution >= 4 is 33.3 Å². The molecule has 0 aliphatic heterocycles. The zero-order valence-electron chi connectivity index (χ0n) is 16.5. The molecular formula is C20H24N2O5S. The second-order valence-corrected chi connectivity index (χ2v) is 9.26. The number of carbonyl (C=O) groups is 2. The van der Waals surface area contributed by atoms with E-state index in [1.165, 1.54) is 12.1 Å². The van der Waals surface area contributed by atoms with Crippen LogP contribution >= 0.6 is 0 Å². The zero-order valence-corrected chi connectivity index (χ0v) is 17.3. The number of rotatable bonds is 5. The number of carboxylic acid groups (broad SMARTS) is 1. The van der Waals surface area contributed by atoms with E-state index >= 15 is 0 Å². The first kappa shape index (κ1) is 21.4. The van der Waals surface area contributed by atoms with Crippen LogP contribution in [0.1, 0.15) is 42.3 Å². The Balaban J connectivity index is 2.37. The highest BCUT2D eigenvalue weighted by Gasteiger charge is 2.23. The summed E-state index contributed by atoms with van der Waals surface area (Å²) in [6.07, 6.45) is 0. The average molecular weight is 404 g/mol. The summed E-state index contributed by atoms with van der Waals surface area (Å²) in [6, 6.07) is 8.89. The van der Waals surface area contributed by atoms with Gasteiger partial charge in [0, 0.05) is 11.1 Å². The molecule has 2 aromatic rings. The van der Waals surface area contributed by atoms with Gasteiger partial charge in [-0.15, -0.1) is 0 Å². The SMILES string of the molecule is Cc1cc(C(=O)O)cc(S(=O)(=O)Nc2cccc(NC(=O)C(C)(C)C)c2)c1C. The molecule has 8 heteroatoms. The number of benzene rings is 2. The molecule has 0 spiro atoms. The molecule has 0 aliphatic carbocycles. The summed E-state index contributed by atoms with van der Waals surface area (Å²) in [4.78, 5) is 23.3. The maximum absolute atomic E-state index is 12.9. The number of aromatic carboxylic acids is 1. The molecule has 0 saturated heterocycles. The van der Waals surface area contributed by atoms with Crippen LogP contribution in [0.15, 0.2) is 41.3 Å². The van der Waals surface area contributed by atoms with Gasteiger partial charge in [-0.05, 0) is 55.3 Å². The zero-order chi connectivity index (χ0) is 21.3. The summed E-state index contributed by atoms with van der Waals surface area (Å²) in [5.41, 5.74) is 1.04. The molecule has 2 aromatic carbocycles. The van der Waals surface area contributed by atoms with Gasteiger partial charge in [-0.25, -0.2) is 13.2 Å². The maximum Gasteiger partial charge on any atom is 0.335 e. The normalized spacial score (nSPS) is 11.8. The van der Waals surface area contributed by atoms with Crippen molar-refractivity contribution in [2.45, 2.75) is 39.5 Å². The molecule has 0 aromatic heterocycles. The first-order valence-corrected chi connectivity index (χ1v) is 10.1. The van der Waals surface area contributed by atoms with Crippen molar-refractivity contribution in [3.63, 3.8) is 0 Å². The van der Waals surface area contributed by atoms with Crippen LogP contribution in [0.5, 0.6) is 0 Å². The van der Waals surface area contributed by atoms with Gasteiger partial charge in [-0.1, -0.05) is 26.8 Å². The minimum Gasteiger partial charge on any atom is -0.478 e. The lowest BCUT2D eigenvalue weighted by atomic mass is 9.95. The van der Waals surface area contributed by atoms with Crippen LogP contribution in [0.3, 0.4) is 0 Å². The Morgan fingerprint density at radius 1 is 1.00 bits per heavy atom. The molecule has 0 saturated carbocycles. The fourth-order valence-electron chi connectivity index (χ4n) is 2.42. The maximum atomic E-state index is 12.9. The van der Waals surface area contributed by atoms with E-state index in [0.29, 0.717) is 16.8 Å². The van der Waals surface area contributed by atoms with Gasteiger partial charge in [-0.3, -0.25) is 9.52 Å². The van der Waals surface area contributed by atoms with Gasteiger partial charge in [0.15, 0.2) is 0 Å². The summed E-state index contributed by atoms with van der Waals surface area (Å²) in [7, 11) is -4.02. The number of carbonyl (C=O) groups excluding carboxylic acids is 1. The highest BCUT2D eigenvalue weighted by Crippen LogP contribution is 2.25. The van der Waals surface area contributed by atoms with E-state index < -0.39 is 21.4 Å². The van der Waals surface area contributed by atoms with E-state index in [-0.39, 0.29) is 22.1 Å². The Morgan fingerprint density at radius 3 is 2.18 bits per heavy atom. The molecule has 0 unspecified atom stereocenters. The number of sulfonamides is 1. The van der Waals surface area contributed by atoms with Crippen LogP contribution in [0.2, 0.25) is 0 Å². The fourth-order valence-corrected chi connectivity index (χ4v) is 3.81. The Labute approximate surface area is 164 Å². The molecular weight excluding hydrogens is 380 g/mol. The molecule has 1 amide bonds. The van der Waals surface area contributed by atoms with Gasteiger partial charge >= 0.3 is 5.97 Å². The van der Waals surface area contributed by atoms with Crippen LogP contribution in [0.4, 0.5) is 11.4 Å². The van der Waals surface area contributed by atoms with Crippen LogP contribution in [0.25, 0.3) is 0 Å². The largest absolute Gasteiger partial charge is 0.478 e. The summed E-state index contributed by atoms with van der Waals surface area (Å²) >= 11 is 0. The van der Waals surface area contributed by atoms with E-state index in [9.17, 15) is 23.1 Å². The molecule has 0 bridgehead atoms. The van der Waals surface area contributed by atoms with Gasteiger partial charge in [0.1, 0.15) is 0 Å². The Morgan fingerprint density at radius 2 is 1.61 bits per heavy atom. The van der Waals surface area contributed by atoms with Gasteiger partial charge in [0.2, 0.25) is 5.91 Å². The average Bonchev–Trinajstić information content (AvgIpc) is 2.55. The van der Waals surface area contributed by atoms with Gasteiger partial charge < -0.3 is 10.4 Å². The van der Waals surface area contributed by atoms with E-state index in [4.69, 9.17) is 0 Å². The van der Waals surface area contributed by atoms with Crippen LogP contribution < -0.4 is 10.0 Å². The van der Waals surface area contributed by atoms with E-state index in [0.717, 1.165) is 6.07 Å². The lowest BCUT2D eigenvalue weighted by molar-refractivity contribution is -0.123. The molecule has 0 heterocycles. The minimum atomic E-state index is -4.02. The molecule has 0 aliphatic rings. The number of nitrogens with one attached hydrogen (secondary N) is 2. The second kappa shape index (κ2) is 7.63. The van der Waals surface area contributed by atoms with Gasteiger partial charge in [0.05, 0.1) is 16.1 Å². The fraction of sp³-hybridized carbons (Fsp3) is 0.300. The van der Waals surface area contributed by atoms with E-state index in [1.807, 2.05) is 0 Å². The smallest absolute Gasteiger partial charge is 0.335 e. The molecule has 0 radical (unpaired) electrons. The predicted octanol–water partition coefficient (Wildman–Crippen LogP) is 3.79. The summed E-state index contributed by atoms with van der Waals surface area (Å²) in [5.74, 6) is -1.40. The Bertz CT molecular complexity index is 1040. The van der Waals surface area contributed by atoms with Crippen molar-refractivity contribution in [3.05, 3.63) is 53.1 Å². The van der Waals surface area contributed by atoms with Crippen molar-refractivity contribution in [3.8, 4) is 0 Å². The summed E-state index contributed by atoms with van der Waals surface area (Å²) in [6.45, 7) is 8.60. The lowest BCUT2D eigenvalue weighted by Gasteiger charge is -2.18. The predicted molar refractivity (Wildman–Crippen MR) is 108 cm³/mol. The lowest BCUT2D eigenvalue weighted by Crippen LogP contribution is -2.27. The highest BCUT2D eigenvalue weighted by molar-refractivity contribution is 7.92. The van der Waals surface area contributed by atoms with Crippen molar-refractivity contribution in [2.24, 2.45) is 5.41 Å². The van der Waals surface area contributed by atoms with Crippen LogP contribution in [0, 0.1) is 19.3 Å². The second-order valence-electron chi connectivity index (χ2n) is 7.61. The van der Waals surface area contributed by atoms with Gasteiger partial charge in [-0.2, -0.15) is 0 Å². The number of anilines is 2. The Kier molecular flexibility index (Phi) is 5.84. The number of hydrogen-bond donors (Lipinski definition) is 3. The third-order valence-electron chi connectivity index (χ3n) is 4.21. The summed E-state index contributed by atoms with van der Waals surface area (Å²) < 4.78 is 28.2. The first-order chi connectivity index (χ1) is 12.8. The standard InChI is InChI=1S/C20H24N2O5S/c1-12-9-14(18(23)24)10-17(13(12)2)28(26,27)22-16-8-6-7-15(11-16)21-19(25)20(3,4)5/h6-11,22H,1-5H3,(H,21,25)(H,23,24). The molecule has 150 valence electrons. The van der Waals surface area contributed by atoms with Crippen molar-refractivity contribution in [2.75, 3.05) is 10.0 Å². The first-order valence-electron chi connectivity index (χ1n) is 8.60. The van der Waals surface area contributed by atoms with Crippen LogP contribution in [-0.4, -0.2) is 25.4 Å². The van der Waals surface area contributed by atoms with E-state index in [1.54, 1.807) is 52.8 Å². The van der Waals surface area contributed by atoms with Crippen molar-refractivity contribution in [1.29, 1.82) is 0 Å². The summed E-state index contributed by atoms with van der Waals surface area (Å²) in [5, 5.41) is 12.0.